The second-order valence-corrected chi connectivity index (χ2v) is 6.37. The quantitative estimate of drug-likeness (QED) is 0.762. The Labute approximate surface area is 101 Å². The Morgan fingerprint density at radius 3 is 2.41 bits per heavy atom. The third-order valence-electron chi connectivity index (χ3n) is 2.71. The number of hydrogen-bond donors (Lipinski definition) is 0. The molecule has 17 heavy (non-hydrogen) atoms. The van der Waals surface area contributed by atoms with Crippen LogP contribution in [0.5, 0.6) is 0 Å². The van der Waals surface area contributed by atoms with E-state index in [9.17, 15) is 8.42 Å². The largest absolute Gasteiger partial charge is 0.373 e. The maximum Gasteiger partial charge on any atom is 0.246 e. The smallest absolute Gasteiger partial charge is 0.246 e. The third kappa shape index (κ3) is 2.51. The van der Waals surface area contributed by atoms with E-state index >= 15 is 0 Å². The van der Waals surface area contributed by atoms with Crippen LogP contribution < -0.4 is 0 Å². The van der Waals surface area contributed by atoms with Gasteiger partial charge in [0.2, 0.25) is 10.0 Å². The van der Waals surface area contributed by atoms with E-state index in [4.69, 9.17) is 4.74 Å². The van der Waals surface area contributed by atoms with Gasteiger partial charge in [0.1, 0.15) is 4.90 Å². The normalized spacial score (nSPS) is 27.2. The molecule has 0 amide bonds. The van der Waals surface area contributed by atoms with Crippen molar-refractivity contribution in [1.29, 1.82) is 0 Å². The lowest BCUT2D eigenvalue weighted by atomic mass is 10.3. The fourth-order valence-corrected chi connectivity index (χ4v) is 3.58. The van der Waals surface area contributed by atoms with E-state index < -0.39 is 10.0 Å². The van der Waals surface area contributed by atoms with E-state index in [2.05, 4.69) is 5.10 Å². The van der Waals surface area contributed by atoms with E-state index in [0.717, 1.165) is 0 Å². The van der Waals surface area contributed by atoms with Gasteiger partial charge in [-0.3, -0.25) is 4.68 Å². The molecule has 1 saturated heterocycles. The molecule has 0 aromatic carbocycles. The van der Waals surface area contributed by atoms with Crippen LogP contribution in [-0.4, -0.2) is 47.8 Å². The van der Waals surface area contributed by atoms with Crippen molar-refractivity contribution in [2.24, 2.45) is 7.05 Å². The first-order valence-corrected chi connectivity index (χ1v) is 6.98. The molecule has 0 radical (unpaired) electrons. The molecule has 0 unspecified atom stereocenters. The van der Waals surface area contributed by atoms with Crippen molar-refractivity contribution >= 4 is 10.0 Å². The van der Waals surface area contributed by atoms with Gasteiger partial charge in [-0.25, -0.2) is 8.42 Å². The molecule has 0 bridgehead atoms. The van der Waals surface area contributed by atoms with Gasteiger partial charge in [0.25, 0.3) is 0 Å². The van der Waals surface area contributed by atoms with Gasteiger partial charge in [-0.1, -0.05) is 0 Å². The number of sulfonamides is 1. The van der Waals surface area contributed by atoms with Crippen LogP contribution >= 0.6 is 0 Å². The molecule has 1 aromatic rings. The third-order valence-corrected chi connectivity index (χ3v) is 4.49. The maximum absolute atomic E-state index is 12.3. The SMILES string of the molecule is C[C@@H]1CN(S(=O)(=O)c2cnn(C)c2)C[C@H](C)O1. The average Bonchev–Trinajstić information content (AvgIpc) is 2.64. The minimum atomic E-state index is -3.44. The lowest BCUT2D eigenvalue weighted by Gasteiger charge is -2.34. The maximum atomic E-state index is 12.3. The molecule has 1 aliphatic rings. The molecule has 0 saturated carbocycles. The summed E-state index contributed by atoms with van der Waals surface area (Å²) < 4.78 is 33.1. The Morgan fingerprint density at radius 1 is 1.35 bits per heavy atom. The zero-order valence-corrected chi connectivity index (χ0v) is 11.0. The topological polar surface area (TPSA) is 64.4 Å². The summed E-state index contributed by atoms with van der Waals surface area (Å²) in [5.41, 5.74) is 0. The summed E-state index contributed by atoms with van der Waals surface area (Å²) in [4.78, 5) is 0.237. The lowest BCUT2D eigenvalue weighted by Crippen LogP contribution is -2.48. The van der Waals surface area contributed by atoms with Gasteiger partial charge >= 0.3 is 0 Å². The number of morpholine rings is 1. The zero-order valence-electron chi connectivity index (χ0n) is 10.2. The van der Waals surface area contributed by atoms with E-state index in [1.54, 1.807) is 7.05 Å². The lowest BCUT2D eigenvalue weighted by molar-refractivity contribution is -0.0440. The number of ether oxygens (including phenoxy) is 1. The van der Waals surface area contributed by atoms with Crippen LogP contribution in [-0.2, 0) is 21.8 Å². The number of nitrogens with zero attached hydrogens (tertiary/aromatic N) is 3. The van der Waals surface area contributed by atoms with Gasteiger partial charge in [0.15, 0.2) is 0 Å². The van der Waals surface area contributed by atoms with E-state index in [1.807, 2.05) is 13.8 Å². The van der Waals surface area contributed by atoms with Crippen molar-refractivity contribution in [2.45, 2.75) is 31.0 Å². The fraction of sp³-hybridized carbons (Fsp3) is 0.700. The Bertz CT molecular complexity index is 487. The van der Waals surface area contributed by atoms with Gasteiger partial charge < -0.3 is 4.74 Å². The fourth-order valence-electron chi connectivity index (χ4n) is 2.01. The molecule has 0 aliphatic carbocycles. The summed E-state index contributed by atoms with van der Waals surface area (Å²) in [6, 6.07) is 0. The molecular weight excluding hydrogens is 242 g/mol. The highest BCUT2D eigenvalue weighted by Crippen LogP contribution is 2.20. The van der Waals surface area contributed by atoms with Crippen LogP contribution in [0.4, 0.5) is 0 Å². The molecule has 2 heterocycles. The molecular formula is C10H17N3O3S. The zero-order chi connectivity index (χ0) is 12.6. The average molecular weight is 259 g/mol. The van der Waals surface area contributed by atoms with Crippen molar-refractivity contribution in [3.63, 3.8) is 0 Å². The van der Waals surface area contributed by atoms with Gasteiger partial charge in [-0.15, -0.1) is 0 Å². The summed E-state index contributed by atoms with van der Waals surface area (Å²) >= 11 is 0. The Hall–Kier alpha value is -0.920. The highest BCUT2D eigenvalue weighted by molar-refractivity contribution is 7.89. The molecule has 0 spiro atoms. The summed E-state index contributed by atoms with van der Waals surface area (Å²) in [6.45, 7) is 4.53. The summed E-state index contributed by atoms with van der Waals surface area (Å²) in [5.74, 6) is 0. The minimum Gasteiger partial charge on any atom is -0.373 e. The standard InChI is InChI=1S/C10H17N3O3S/c1-8-5-13(6-9(2)16-8)17(14,15)10-4-11-12(3)7-10/h4,7-9H,5-6H2,1-3H3/t8-,9+. The van der Waals surface area contributed by atoms with Crippen molar-refractivity contribution in [2.75, 3.05) is 13.1 Å². The number of aromatic nitrogens is 2. The van der Waals surface area contributed by atoms with Crippen LogP contribution in [0.2, 0.25) is 0 Å². The second-order valence-electron chi connectivity index (χ2n) is 4.43. The highest BCUT2D eigenvalue weighted by Gasteiger charge is 2.32. The van der Waals surface area contributed by atoms with Crippen LogP contribution in [0.1, 0.15) is 13.8 Å². The predicted octanol–water partition coefficient (Wildman–Crippen LogP) is 0.218. The molecule has 2 rings (SSSR count). The van der Waals surface area contributed by atoms with E-state index in [0.29, 0.717) is 13.1 Å². The summed E-state index contributed by atoms with van der Waals surface area (Å²) in [6.07, 6.45) is 2.73. The highest BCUT2D eigenvalue weighted by atomic mass is 32.2. The molecule has 1 aromatic heterocycles. The van der Waals surface area contributed by atoms with Crippen LogP contribution in [0.3, 0.4) is 0 Å². The Kier molecular flexibility index (Phi) is 3.24. The van der Waals surface area contributed by atoms with Crippen molar-refractivity contribution in [3.8, 4) is 0 Å². The monoisotopic (exact) mass is 259 g/mol. The molecule has 2 atom stereocenters. The minimum absolute atomic E-state index is 0.0785. The molecule has 96 valence electrons. The van der Waals surface area contributed by atoms with Crippen LogP contribution in [0.15, 0.2) is 17.3 Å². The number of aryl methyl sites for hydroxylation is 1. The first-order chi connectivity index (χ1) is 7.89. The van der Waals surface area contributed by atoms with E-state index in [1.165, 1.54) is 21.4 Å². The Morgan fingerprint density at radius 2 is 1.94 bits per heavy atom. The summed E-state index contributed by atoms with van der Waals surface area (Å²) in [7, 11) is -1.74. The van der Waals surface area contributed by atoms with Gasteiger partial charge in [-0.05, 0) is 13.8 Å². The predicted molar refractivity (Wildman–Crippen MR) is 62.0 cm³/mol. The van der Waals surface area contributed by atoms with Gasteiger partial charge in [0, 0.05) is 26.3 Å². The van der Waals surface area contributed by atoms with Gasteiger partial charge in [0.05, 0.1) is 18.4 Å². The van der Waals surface area contributed by atoms with Crippen molar-refractivity contribution < 1.29 is 13.2 Å². The molecule has 6 nitrogen and oxygen atoms in total. The van der Waals surface area contributed by atoms with Crippen molar-refractivity contribution in [1.82, 2.24) is 14.1 Å². The number of hydrogen-bond acceptors (Lipinski definition) is 4. The van der Waals surface area contributed by atoms with Crippen molar-refractivity contribution in [3.05, 3.63) is 12.4 Å². The first kappa shape index (κ1) is 12.5. The van der Waals surface area contributed by atoms with Crippen LogP contribution in [0, 0.1) is 0 Å². The molecule has 1 aliphatic heterocycles. The van der Waals surface area contributed by atoms with Crippen LogP contribution in [0.25, 0.3) is 0 Å². The summed E-state index contributed by atoms with van der Waals surface area (Å²) in [5, 5.41) is 3.90. The first-order valence-electron chi connectivity index (χ1n) is 5.54. The van der Waals surface area contributed by atoms with E-state index in [-0.39, 0.29) is 17.1 Å². The molecule has 7 heteroatoms. The number of rotatable bonds is 2. The molecule has 1 fully saturated rings. The second kappa shape index (κ2) is 4.40. The van der Waals surface area contributed by atoms with Gasteiger partial charge in [-0.2, -0.15) is 9.40 Å². The Balaban J connectivity index is 2.26. The molecule has 0 N–H and O–H groups in total.